The van der Waals surface area contributed by atoms with Crippen LogP contribution in [0.1, 0.15) is 31.2 Å². The van der Waals surface area contributed by atoms with Crippen molar-refractivity contribution in [1.29, 1.82) is 0 Å². The van der Waals surface area contributed by atoms with E-state index in [1.54, 1.807) is 19.0 Å². The number of hydrogen-bond donors (Lipinski definition) is 3. The maximum atomic E-state index is 14.2. The van der Waals surface area contributed by atoms with Gasteiger partial charge >= 0.3 is 24.3 Å². The van der Waals surface area contributed by atoms with Crippen molar-refractivity contribution in [3.8, 4) is 0 Å². The summed E-state index contributed by atoms with van der Waals surface area (Å²) in [5, 5.41) is 28.7. The van der Waals surface area contributed by atoms with E-state index in [0.29, 0.717) is 31.8 Å². The molecule has 3 N–H and O–H groups in total. The summed E-state index contributed by atoms with van der Waals surface area (Å²) < 4.78 is 84.0. The number of likely N-dealkylation sites (N-methyl/N-ethyl adjacent to an activating group) is 1. The van der Waals surface area contributed by atoms with E-state index in [1.165, 1.54) is 12.1 Å². The number of amides is 1. The van der Waals surface area contributed by atoms with Crippen LogP contribution < -0.4 is 5.32 Å². The predicted octanol–water partition coefficient (Wildman–Crippen LogP) is 3.19. The highest BCUT2D eigenvalue weighted by molar-refractivity contribution is 5.77. The molecular weight excluding hydrogens is 605 g/mol. The van der Waals surface area contributed by atoms with E-state index in [4.69, 9.17) is 24.5 Å². The molecule has 1 saturated carbocycles. The van der Waals surface area contributed by atoms with Gasteiger partial charge in [-0.05, 0) is 18.9 Å². The Bertz CT molecular complexity index is 1110. The van der Waals surface area contributed by atoms with Crippen molar-refractivity contribution in [3.63, 3.8) is 0 Å². The Morgan fingerprint density at radius 3 is 2.16 bits per heavy atom. The standard InChI is InChI=1S/C20H29FN4O4.2C2HF3O2/c1-23(2)19(26)12-22-18-5-3-4-8-20(18)14-24(9-10-29-20)13-15-11-16(25(27)28)6-7-17(15)21;2*3-2(4,5)1(6)7/h6-7,11,18,22H,3-5,8-10,12-14H2,1-2H3;2*(H,6,7). The lowest BCUT2D eigenvalue weighted by Crippen LogP contribution is -2.63. The average Bonchev–Trinajstić information content (AvgIpc) is 2.89. The Kier molecular flexibility index (Phi) is 13.7. The summed E-state index contributed by atoms with van der Waals surface area (Å²) in [7, 11) is 3.46. The Labute approximate surface area is 240 Å². The predicted molar refractivity (Wildman–Crippen MR) is 133 cm³/mol. The van der Waals surface area contributed by atoms with Gasteiger partial charge in [-0.15, -0.1) is 0 Å². The summed E-state index contributed by atoms with van der Waals surface area (Å²) in [6, 6.07) is 3.69. The quantitative estimate of drug-likeness (QED) is 0.240. The molecule has 244 valence electrons. The van der Waals surface area contributed by atoms with Crippen LogP contribution >= 0.6 is 0 Å². The average molecular weight is 637 g/mol. The first-order valence-corrected chi connectivity index (χ1v) is 12.5. The van der Waals surface area contributed by atoms with Gasteiger partial charge in [0.25, 0.3) is 5.69 Å². The summed E-state index contributed by atoms with van der Waals surface area (Å²) in [6.07, 6.45) is -6.27. The van der Waals surface area contributed by atoms with Gasteiger partial charge < -0.3 is 25.2 Å². The Hall–Kier alpha value is -3.58. The third-order valence-corrected chi connectivity index (χ3v) is 6.38. The Morgan fingerprint density at radius 2 is 1.67 bits per heavy atom. The number of benzene rings is 1. The molecular formula is C24H31F7N4O8. The van der Waals surface area contributed by atoms with Crippen LogP contribution in [0.4, 0.5) is 36.4 Å². The number of ether oxygens (including phenoxy) is 1. The molecule has 1 aromatic carbocycles. The molecule has 1 aliphatic heterocycles. The van der Waals surface area contributed by atoms with Gasteiger partial charge in [0.15, 0.2) is 0 Å². The van der Waals surface area contributed by atoms with E-state index in [0.717, 1.165) is 31.7 Å². The van der Waals surface area contributed by atoms with Crippen molar-refractivity contribution in [3.05, 3.63) is 39.7 Å². The van der Waals surface area contributed by atoms with E-state index >= 15 is 0 Å². The molecule has 2 fully saturated rings. The Balaban J connectivity index is 0.000000548. The highest BCUT2D eigenvalue weighted by Crippen LogP contribution is 2.35. The van der Waals surface area contributed by atoms with E-state index in [-0.39, 0.29) is 24.2 Å². The van der Waals surface area contributed by atoms with E-state index in [1.807, 2.05) is 0 Å². The van der Waals surface area contributed by atoms with Gasteiger partial charge in [0, 0.05) is 57.5 Å². The van der Waals surface area contributed by atoms with Crippen LogP contribution in [0.2, 0.25) is 0 Å². The topological polar surface area (TPSA) is 163 Å². The van der Waals surface area contributed by atoms with E-state index < -0.39 is 40.6 Å². The first-order valence-electron chi connectivity index (χ1n) is 12.5. The van der Waals surface area contributed by atoms with Crippen LogP contribution in [0.3, 0.4) is 0 Å². The third-order valence-electron chi connectivity index (χ3n) is 6.38. The van der Waals surface area contributed by atoms with Gasteiger partial charge in [0.05, 0.1) is 23.7 Å². The number of aliphatic carboxylic acids is 2. The number of carboxylic acids is 2. The Morgan fingerprint density at radius 1 is 1.12 bits per heavy atom. The lowest BCUT2D eigenvalue weighted by molar-refractivity contribution is -0.385. The third kappa shape index (κ3) is 12.3. The zero-order valence-electron chi connectivity index (χ0n) is 23.0. The number of halogens is 7. The van der Waals surface area contributed by atoms with Crippen LogP contribution in [0.15, 0.2) is 18.2 Å². The van der Waals surface area contributed by atoms with Gasteiger partial charge in [-0.25, -0.2) is 14.0 Å². The molecule has 2 atom stereocenters. The number of carboxylic acid groups (broad SMARTS) is 2. The summed E-state index contributed by atoms with van der Waals surface area (Å²) >= 11 is 0. The molecule has 43 heavy (non-hydrogen) atoms. The summed E-state index contributed by atoms with van der Waals surface area (Å²) in [5.41, 5.74) is -0.219. The van der Waals surface area contributed by atoms with Crippen LogP contribution in [0.5, 0.6) is 0 Å². The van der Waals surface area contributed by atoms with Gasteiger partial charge in [-0.1, -0.05) is 12.8 Å². The number of rotatable bonds is 6. The fourth-order valence-corrected chi connectivity index (χ4v) is 4.28. The maximum Gasteiger partial charge on any atom is 0.490 e. The number of non-ortho nitro benzene ring substituents is 1. The molecule has 1 heterocycles. The number of nitro groups is 1. The summed E-state index contributed by atoms with van der Waals surface area (Å²) in [5.74, 6) is -5.94. The molecule has 0 radical (unpaired) electrons. The molecule has 2 aliphatic rings. The van der Waals surface area contributed by atoms with Gasteiger partial charge in [0.1, 0.15) is 5.82 Å². The first-order chi connectivity index (χ1) is 19.7. The van der Waals surface area contributed by atoms with Crippen LogP contribution in [0, 0.1) is 15.9 Å². The fourth-order valence-electron chi connectivity index (χ4n) is 4.28. The van der Waals surface area contributed by atoms with Crippen molar-refractivity contribution in [2.75, 3.05) is 40.3 Å². The summed E-state index contributed by atoms with van der Waals surface area (Å²) in [6.45, 7) is 2.29. The van der Waals surface area contributed by atoms with Gasteiger partial charge in [0.2, 0.25) is 5.91 Å². The van der Waals surface area contributed by atoms with Gasteiger partial charge in [-0.2, -0.15) is 26.3 Å². The molecule has 0 bridgehead atoms. The lowest BCUT2D eigenvalue weighted by atomic mass is 9.78. The SMILES string of the molecule is CN(C)C(=O)CNC1CCCCC12CN(Cc1cc([N+](=O)[O-])ccc1F)CCO2.O=C(O)C(F)(F)F.O=C(O)C(F)(F)F. The first kappa shape index (κ1) is 37.4. The molecule has 1 spiro atoms. The van der Waals surface area contributed by atoms with Crippen LogP contribution in [-0.2, 0) is 25.7 Å². The number of nitrogens with one attached hydrogen (secondary N) is 1. The molecule has 2 unspecified atom stereocenters. The van der Waals surface area contributed by atoms with Crippen LogP contribution in [0.25, 0.3) is 0 Å². The molecule has 1 aliphatic carbocycles. The highest BCUT2D eigenvalue weighted by Gasteiger charge is 2.45. The van der Waals surface area contributed by atoms with Crippen molar-refractivity contribution >= 4 is 23.5 Å². The maximum absolute atomic E-state index is 14.2. The molecule has 19 heteroatoms. The number of alkyl halides is 6. The molecule has 3 rings (SSSR count). The summed E-state index contributed by atoms with van der Waals surface area (Å²) in [4.78, 5) is 44.0. The number of hydrogen-bond acceptors (Lipinski definition) is 8. The molecule has 1 aromatic rings. The zero-order valence-corrected chi connectivity index (χ0v) is 23.0. The molecule has 0 aromatic heterocycles. The number of morpholine rings is 1. The van der Waals surface area contributed by atoms with Gasteiger partial charge in [-0.3, -0.25) is 19.8 Å². The van der Waals surface area contributed by atoms with E-state index in [2.05, 4.69) is 10.2 Å². The van der Waals surface area contributed by atoms with Crippen LogP contribution in [-0.4, -0.2) is 107 Å². The molecule has 1 saturated heterocycles. The molecule has 12 nitrogen and oxygen atoms in total. The minimum atomic E-state index is -5.08. The fraction of sp³-hybridized carbons (Fsp3) is 0.625. The van der Waals surface area contributed by atoms with E-state index in [9.17, 15) is 45.6 Å². The number of nitrogens with zero attached hydrogens (tertiary/aromatic N) is 3. The second-order valence-electron chi connectivity index (χ2n) is 9.73. The minimum Gasteiger partial charge on any atom is -0.475 e. The number of carbonyl (C=O) groups is 3. The van der Waals surface area contributed by atoms with Crippen molar-refractivity contribution in [2.45, 2.75) is 56.2 Å². The minimum absolute atomic E-state index is 0.0112. The lowest BCUT2D eigenvalue weighted by Gasteiger charge is -2.50. The smallest absolute Gasteiger partial charge is 0.475 e. The second kappa shape index (κ2) is 15.8. The zero-order chi connectivity index (χ0) is 33.2. The molecule has 1 amide bonds. The second-order valence-corrected chi connectivity index (χ2v) is 9.73. The highest BCUT2D eigenvalue weighted by atomic mass is 19.4. The normalized spacial score (nSPS) is 20.6. The van der Waals surface area contributed by atoms with Crippen molar-refractivity contribution < 1.29 is 65.0 Å². The largest absolute Gasteiger partial charge is 0.490 e. The van der Waals surface area contributed by atoms with Crippen molar-refractivity contribution in [1.82, 2.24) is 15.1 Å². The number of nitro benzene ring substituents is 1. The van der Waals surface area contributed by atoms with Crippen molar-refractivity contribution in [2.24, 2.45) is 0 Å². The number of carbonyl (C=O) groups excluding carboxylic acids is 1. The monoisotopic (exact) mass is 636 g/mol.